The fourth-order valence-corrected chi connectivity index (χ4v) is 21.0. The van der Waals surface area contributed by atoms with E-state index in [-0.39, 0.29) is 115 Å². The van der Waals surface area contributed by atoms with Crippen molar-refractivity contribution in [3.05, 3.63) is 250 Å². The number of carbonyl (C=O) groups excluding carboxylic acids is 4. The molecule has 12 heterocycles. The Bertz CT molecular complexity index is 5560. The molecule has 0 spiro atoms. The highest BCUT2D eigenvalue weighted by atomic mass is 16.7. The third-order valence-electron chi connectivity index (χ3n) is 27.0. The lowest BCUT2D eigenvalue weighted by Crippen LogP contribution is -2.44. The minimum atomic E-state index is -0.382. The van der Waals surface area contributed by atoms with E-state index in [1.54, 1.807) is 7.11 Å². The summed E-state index contributed by atoms with van der Waals surface area (Å²) in [5.41, 5.74) is 25.4. The molecule has 10 N–H and O–H groups in total. The number of methoxy groups -OCH3 is 5. The summed E-state index contributed by atoms with van der Waals surface area (Å²) in [4.78, 5) is 75.5. The molecular weight excluding hydrogens is 1490 g/mol. The molecule has 20 rings (SSSR count). The first-order valence-corrected chi connectivity index (χ1v) is 41.7. The number of carbonyl (C=O) groups is 4. The summed E-state index contributed by atoms with van der Waals surface area (Å²) in [6.45, 7) is 11.2. The smallest absolute Gasteiger partial charge is 0.335 e. The second kappa shape index (κ2) is 34.9. The number of aromatic amines is 5. The number of H-pyrrole nitrogens is 5. The van der Waals surface area contributed by atoms with Gasteiger partial charge >= 0.3 is 23.9 Å². The molecule has 118 heavy (non-hydrogen) atoms. The zero-order valence-corrected chi connectivity index (χ0v) is 68.5. The summed E-state index contributed by atoms with van der Waals surface area (Å²) in [6.07, 6.45) is 24.4. The first-order valence-electron chi connectivity index (χ1n) is 41.7. The largest absolute Gasteiger partial charge is 0.466 e. The molecular formula is C95H110N10O13. The molecule has 23 nitrogen and oxygen atoms in total. The van der Waals surface area contributed by atoms with Gasteiger partial charge in [0.05, 0.1) is 87.7 Å². The summed E-state index contributed by atoms with van der Waals surface area (Å²) in [5.74, 6) is 0.0543. The van der Waals surface area contributed by atoms with Gasteiger partial charge in [0.25, 0.3) is 0 Å². The number of aliphatic hydroxyl groups is 3. The van der Waals surface area contributed by atoms with Crippen LogP contribution in [0.1, 0.15) is 97.7 Å². The van der Waals surface area contributed by atoms with Crippen molar-refractivity contribution in [3.63, 3.8) is 0 Å². The number of para-hydroxylation sites is 5. The van der Waals surface area contributed by atoms with Crippen LogP contribution >= 0.6 is 0 Å². The molecule has 5 aromatic heterocycles. The third kappa shape index (κ3) is 15.5. The van der Waals surface area contributed by atoms with Gasteiger partial charge in [-0.1, -0.05) is 111 Å². The Morgan fingerprint density at radius 3 is 1.52 bits per heavy atom. The molecule has 10 aliphatic rings. The normalized spacial score (nSPS) is 26.2. The Morgan fingerprint density at radius 2 is 0.983 bits per heavy atom. The van der Waals surface area contributed by atoms with Gasteiger partial charge in [-0.05, 0) is 164 Å². The van der Waals surface area contributed by atoms with E-state index in [2.05, 4.69) is 186 Å². The van der Waals surface area contributed by atoms with Gasteiger partial charge in [-0.25, -0.2) is 19.2 Å². The van der Waals surface area contributed by atoms with Crippen LogP contribution in [0.25, 0.3) is 54.5 Å². The maximum atomic E-state index is 12.4. The predicted molar refractivity (Wildman–Crippen MR) is 454 cm³/mol. The maximum absolute atomic E-state index is 12.4. The SMILES string of the molecule is COC(=O)C1=CN(CCc2c[nH]c3ccccc23)C=C2[C@@H]1CC(OC)O[C@H]2C.COC(=O)C1=CN(CCc2c[nH]c3ccccc23)C[C@@H]2[C@@H](C)[C@@H](O)C[C@H]12.COC(=O)C1=CN2CCc3c([nH]c4ccccc34)[C@@H]2[C@@H]2[C@@H](C)[C@@H](O)C[C@H]12.COC(=O)C1=CN2CCc3c([nH]c4ccccc34)[C@H]2[C@@H]2C(CO)=CC[C@H]12.NCCc1c[nH]c2ccccc12. The molecule has 0 amide bonds. The third-order valence-corrected chi connectivity index (χ3v) is 27.0. The van der Waals surface area contributed by atoms with Crippen molar-refractivity contribution < 1.29 is 62.9 Å². The first-order chi connectivity index (χ1) is 57.4. The number of fused-ring (bicyclic) bond motifs is 19. The van der Waals surface area contributed by atoms with E-state index in [1.165, 1.54) is 106 Å². The minimum Gasteiger partial charge on any atom is -0.466 e. The van der Waals surface area contributed by atoms with E-state index in [4.69, 9.17) is 34.2 Å². The van der Waals surface area contributed by atoms with Crippen LogP contribution in [-0.4, -0.2) is 190 Å². The number of hydrogen-bond acceptors (Lipinski definition) is 18. The molecule has 15 atom stereocenters. The number of aliphatic hydroxyl groups excluding tert-OH is 3. The quantitative estimate of drug-likeness (QED) is 0.0278. The maximum Gasteiger partial charge on any atom is 0.335 e. The number of nitrogens with two attached hydrogens (primary N) is 1. The van der Waals surface area contributed by atoms with Gasteiger partial charge in [-0.15, -0.1) is 0 Å². The lowest BCUT2D eigenvalue weighted by atomic mass is 9.74. The van der Waals surface area contributed by atoms with Gasteiger partial charge in [0, 0.05) is 185 Å². The Balaban J connectivity index is 0.000000112. The number of ether oxygens (including phenoxy) is 6. The summed E-state index contributed by atoms with van der Waals surface area (Å²) < 4.78 is 31.4. The lowest BCUT2D eigenvalue weighted by Gasteiger charge is -2.46. The molecule has 0 bridgehead atoms. The van der Waals surface area contributed by atoms with E-state index in [0.717, 1.165) is 110 Å². The molecule has 3 fully saturated rings. The van der Waals surface area contributed by atoms with Crippen LogP contribution in [0.15, 0.2) is 210 Å². The second-order valence-corrected chi connectivity index (χ2v) is 33.1. The average molecular weight is 1600 g/mol. The number of benzene rings is 5. The van der Waals surface area contributed by atoms with Crippen molar-refractivity contribution in [1.82, 2.24) is 44.5 Å². The lowest BCUT2D eigenvalue weighted by molar-refractivity contribution is -0.168. The topological polar surface area (TPSA) is 302 Å². The molecule has 1 unspecified atom stereocenters. The first kappa shape index (κ1) is 80.9. The van der Waals surface area contributed by atoms with Crippen molar-refractivity contribution >= 4 is 78.4 Å². The van der Waals surface area contributed by atoms with Gasteiger partial charge in [-0.3, -0.25) is 0 Å². The Labute approximate surface area is 687 Å². The summed E-state index contributed by atoms with van der Waals surface area (Å²) in [5, 5.41) is 37.2. The molecule has 5 aromatic carbocycles. The zero-order chi connectivity index (χ0) is 82.2. The standard InChI is InChI=1S/C22H26N2O4.C21H24N2O3.C21H22N2O3.C21H26N2O3.C10H12N2/c1-14-18-12-24(9-8-15-11-23-20-7-5-4-6-16(15)20)13-19(22(25)27-3)17(18)10-21(26-2)28-14;1-11-17(24)9-14-15(21(25)26-2)10-23-8-7-13-12-5-3-4-6-16(12)22-19(13)20(23)18(11)14;1-26-21(25)16-10-23-9-8-15-13-4-2-3-5-17(13)22-19(15)20(23)18-12(11-24)6-7-14(16)18;1-13-17-11-23(12-18(21(25)26-2)16(17)9-20(13)24)8-7-14-10-22-19-6-4-3-5-15(14)19;11-6-5-8-7-12-10-4-2-1-3-9(8)10/h4-7,11-14,17,21,23H,8-10H2,1-3H3;3-6,10-11,14,17-18,20,22,24H,7-9H2,1-2H3;2-6,10,14,18,20,22,24H,7-9,11H2,1H3;3-6,10,12-13,16-17,20,22,24H,7-9,11H2,1-2H3;1-4,7,12H,5-6,11H2/t14-,17-,21?;11-,14+,17-,18+,20-;14-,18-,20-;13-,16+,17-,20+;/m0011./s1. The highest BCUT2D eigenvalue weighted by Crippen LogP contribution is 2.56. The molecule has 7 aliphatic heterocycles. The number of nitrogens with zero attached hydrogens (tertiary/aromatic N) is 4. The number of nitrogens with one attached hydrogen (secondary N) is 5. The van der Waals surface area contributed by atoms with E-state index in [0.29, 0.717) is 42.9 Å². The van der Waals surface area contributed by atoms with Gasteiger partial charge in [0.15, 0.2) is 6.29 Å². The number of allylic oxidation sites excluding steroid dienone is 1. The average Bonchev–Trinajstić information content (AvgIpc) is 1.56. The molecule has 2 saturated carbocycles. The second-order valence-electron chi connectivity index (χ2n) is 33.1. The summed E-state index contributed by atoms with van der Waals surface area (Å²) in [6, 6.07) is 42.1. The Morgan fingerprint density at radius 1 is 0.517 bits per heavy atom. The summed E-state index contributed by atoms with van der Waals surface area (Å²) >= 11 is 0. The van der Waals surface area contributed by atoms with Crippen LogP contribution in [0.2, 0.25) is 0 Å². The van der Waals surface area contributed by atoms with Crippen molar-refractivity contribution in [2.75, 3.05) is 81.4 Å². The van der Waals surface area contributed by atoms with E-state index in [1.807, 2.05) is 56.1 Å². The van der Waals surface area contributed by atoms with Gasteiger partial charge in [0.2, 0.25) is 0 Å². The van der Waals surface area contributed by atoms with Crippen LogP contribution < -0.4 is 5.73 Å². The minimum absolute atomic E-state index is 0.0366. The van der Waals surface area contributed by atoms with Crippen molar-refractivity contribution in [2.45, 2.75) is 115 Å². The van der Waals surface area contributed by atoms with Crippen molar-refractivity contribution in [2.24, 2.45) is 59.0 Å². The molecule has 3 aliphatic carbocycles. The number of esters is 4. The zero-order valence-electron chi connectivity index (χ0n) is 68.5. The van der Waals surface area contributed by atoms with Crippen molar-refractivity contribution in [3.8, 4) is 0 Å². The van der Waals surface area contributed by atoms with Crippen LogP contribution in [0.5, 0.6) is 0 Å². The molecule has 23 heteroatoms. The van der Waals surface area contributed by atoms with Crippen LogP contribution in [0, 0.1) is 53.3 Å². The van der Waals surface area contributed by atoms with E-state index < -0.39 is 0 Å². The van der Waals surface area contributed by atoms with Crippen LogP contribution in [0.4, 0.5) is 0 Å². The fraction of sp³-hybridized carbons (Fsp3) is 0.411. The van der Waals surface area contributed by atoms with E-state index >= 15 is 0 Å². The molecule has 0 radical (unpaired) electrons. The van der Waals surface area contributed by atoms with Gasteiger partial charge in [-0.2, -0.15) is 0 Å². The van der Waals surface area contributed by atoms with Gasteiger partial charge in [0.1, 0.15) is 0 Å². The van der Waals surface area contributed by atoms with Crippen molar-refractivity contribution in [1.29, 1.82) is 0 Å². The molecule has 618 valence electrons. The number of rotatable bonds is 14. The monoisotopic (exact) mass is 1600 g/mol. The Kier molecular flexibility index (Phi) is 23.9. The van der Waals surface area contributed by atoms with Crippen LogP contribution in [0.3, 0.4) is 0 Å². The molecule has 1 saturated heterocycles. The fourth-order valence-electron chi connectivity index (χ4n) is 21.0. The van der Waals surface area contributed by atoms with E-state index in [9.17, 15) is 34.5 Å². The molecule has 10 aromatic rings. The Hall–Kier alpha value is -10.9. The summed E-state index contributed by atoms with van der Waals surface area (Å²) in [7, 11) is 7.35. The number of aromatic nitrogens is 5. The number of hydrogen-bond donors (Lipinski definition) is 9. The predicted octanol–water partition coefficient (Wildman–Crippen LogP) is 13.2. The highest BCUT2D eigenvalue weighted by molar-refractivity contribution is 5.93. The van der Waals surface area contributed by atoms with Crippen LogP contribution in [-0.2, 0) is 79.7 Å². The highest BCUT2D eigenvalue weighted by Gasteiger charge is 2.54. The van der Waals surface area contributed by atoms with Gasteiger partial charge < -0.3 is 94.0 Å².